The van der Waals surface area contributed by atoms with Gasteiger partial charge in [-0.05, 0) is 38.3 Å². The van der Waals surface area contributed by atoms with Crippen molar-refractivity contribution in [1.82, 2.24) is 9.88 Å². The number of nitrogens with zero attached hydrogens (tertiary/aromatic N) is 1. The molecule has 1 N–H and O–H groups in total. The molecule has 0 radical (unpaired) electrons. The van der Waals surface area contributed by atoms with Crippen molar-refractivity contribution in [1.29, 1.82) is 0 Å². The Kier molecular flexibility index (Phi) is 4.70. The fourth-order valence-corrected chi connectivity index (χ4v) is 5.94. The van der Waals surface area contributed by atoms with E-state index in [1.165, 1.54) is 23.8 Å². The van der Waals surface area contributed by atoms with E-state index in [1.54, 1.807) is 20.5 Å². The molecule has 0 amide bonds. The van der Waals surface area contributed by atoms with Crippen LogP contribution in [0.15, 0.2) is 24.0 Å². The predicted octanol–water partition coefficient (Wildman–Crippen LogP) is 3.37. The number of hydrogen-bond donors (Lipinski definition) is 1. The molecule has 1 saturated heterocycles. The van der Waals surface area contributed by atoms with Gasteiger partial charge in [0.25, 0.3) is 0 Å². The van der Waals surface area contributed by atoms with Crippen LogP contribution in [0.4, 0.5) is 0 Å². The minimum absolute atomic E-state index is 0.0700. The Bertz CT molecular complexity index is 1070. The number of hydrogen-bond acceptors (Lipinski definition) is 6. The molecule has 1 aromatic carbocycles. The Morgan fingerprint density at radius 3 is 2.68 bits per heavy atom. The third-order valence-electron chi connectivity index (χ3n) is 7.68. The summed E-state index contributed by atoms with van der Waals surface area (Å²) in [7, 11) is 4.76. The number of H-pyrrole nitrogens is 1. The third-order valence-corrected chi connectivity index (χ3v) is 7.68. The lowest BCUT2D eigenvalue weighted by atomic mass is 9.67. The second kappa shape index (κ2) is 7.19. The van der Waals surface area contributed by atoms with Crippen LogP contribution in [0.25, 0.3) is 10.9 Å². The minimum Gasteiger partial charge on any atom is -0.497 e. The van der Waals surface area contributed by atoms with Gasteiger partial charge in [0.1, 0.15) is 0 Å². The van der Waals surface area contributed by atoms with Gasteiger partial charge >= 0.3 is 5.97 Å². The molecule has 5 rings (SSSR count). The molecule has 0 saturated carbocycles. The zero-order chi connectivity index (χ0) is 21.9. The van der Waals surface area contributed by atoms with Gasteiger partial charge in [0, 0.05) is 47.6 Å². The van der Waals surface area contributed by atoms with E-state index in [4.69, 9.17) is 18.9 Å². The van der Waals surface area contributed by atoms with E-state index >= 15 is 0 Å². The van der Waals surface area contributed by atoms with Crippen LogP contribution in [-0.4, -0.2) is 56.4 Å². The summed E-state index contributed by atoms with van der Waals surface area (Å²) in [6.07, 6.45) is 3.50. The first-order valence-corrected chi connectivity index (χ1v) is 10.9. The zero-order valence-corrected chi connectivity index (χ0v) is 18.8. The number of fused-ring (bicyclic) bond motifs is 6. The van der Waals surface area contributed by atoms with Crippen LogP contribution in [0.1, 0.15) is 31.5 Å². The fraction of sp³-hybridized carbons (Fsp3) is 0.542. The highest BCUT2D eigenvalue weighted by molar-refractivity contribution is 5.90. The van der Waals surface area contributed by atoms with Crippen molar-refractivity contribution in [3.05, 3.63) is 35.2 Å². The molecule has 3 aliphatic heterocycles. The van der Waals surface area contributed by atoms with Crippen LogP contribution in [0.5, 0.6) is 11.5 Å². The molecule has 2 aromatic rings. The van der Waals surface area contributed by atoms with Crippen molar-refractivity contribution in [2.75, 3.05) is 34.4 Å². The van der Waals surface area contributed by atoms with Crippen LogP contribution in [-0.2, 0) is 26.2 Å². The Labute approximate surface area is 182 Å². The van der Waals surface area contributed by atoms with Crippen LogP contribution < -0.4 is 9.47 Å². The monoisotopic (exact) mass is 426 g/mol. The van der Waals surface area contributed by atoms with Crippen LogP contribution in [0.3, 0.4) is 0 Å². The Balaban J connectivity index is 1.61. The second-order valence-corrected chi connectivity index (χ2v) is 9.08. The van der Waals surface area contributed by atoms with Crippen LogP contribution in [0, 0.1) is 11.8 Å². The summed E-state index contributed by atoms with van der Waals surface area (Å²) in [5, 5.41) is 1.18. The molecule has 1 fully saturated rings. The van der Waals surface area contributed by atoms with Crippen molar-refractivity contribution < 1.29 is 23.7 Å². The summed E-state index contributed by atoms with van der Waals surface area (Å²) in [6.45, 7) is 6.25. The maximum Gasteiger partial charge on any atom is 0.337 e. The first-order chi connectivity index (χ1) is 14.9. The molecule has 4 heterocycles. The number of carbonyl (C=O) groups excluding carboxylic acids is 1. The van der Waals surface area contributed by atoms with Gasteiger partial charge in [0.2, 0.25) is 0 Å². The molecule has 3 aliphatic rings. The highest BCUT2D eigenvalue weighted by Gasteiger charge is 2.52. The Morgan fingerprint density at radius 1 is 1.23 bits per heavy atom. The molecule has 1 aromatic heterocycles. The molecule has 0 bridgehead atoms. The Morgan fingerprint density at radius 2 is 1.97 bits per heavy atom. The number of aromatic nitrogens is 1. The van der Waals surface area contributed by atoms with Gasteiger partial charge in [-0.1, -0.05) is 0 Å². The van der Waals surface area contributed by atoms with E-state index in [0.717, 1.165) is 37.2 Å². The van der Waals surface area contributed by atoms with Gasteiger partial charge in [0.15, 0.2) is 11.5 Å². The number of ether oxygens (including phenoxy) is 4. The predicted molar refractivity (Wildman–Crippen MR) is 116 cm³/mol. The lowest BCUT2D eigenvalue weighted by Gasteiger charge is -2.55. The topological polar surface area (TPSA) is 73.0 Å². The van der Waals surface area contributed by atoms with E-state index in [-0.39, 0.29) is 29.4 Å². The van der Waals surface area contributed by atoms with Crippen LogP contribution in [0.2, 0.25) is 0 Å². The number of piperidine rings is 1. The van der Waals surface area contributed by atoms with E-state index in [0.29, 0.717) is 11.3 Å². The first-order valence-electron chi connectivity index (χ1n) is 10.9. The second-order valence-electron chi connectivity index (χ2n) is 9.08. The normalized spacial score (nSPS) is 29.8. The summed E-state index contributed by atoms with van der Waals surface area (Å²) in [6, 6.07) is 4.09. The van der Waals surface area contributed by atoms with E-state index in [2.05, 4.69) is 29.8 Å². The van der Waals surface area contributed by atoms with E-state index in [9.17, 15) is 4.79 Å². The average Bonchev–Trinajstić information content (AvgIpc) is 3.15. The number of benzene rings is 1. The molecule has 166 valence electrons. The maximum absolute atomic E-state index is 12.5. The number of nitrogens with one attached hydrogen (secondary N) is 1. The summed E-state index contributed by atoms with van der Waals surface area (Å²) < 4.78 is 22.0. The zero-order valence-electron chi connectivity index (χ0n) is 18.8. The summed E-state index contributed by atoms with van der Waals surface area (Å²) >= 11 is 0. The maximum atomic E-state index is 12.5. The number of rotatable bonds is 3. The third kappa shape index (κ3) is 2.86. The number of aromatic amines is 1. The van der Waals surface area contributed by atoms with Gasteiger partial charge in [0.05, 0.1) is 44.8 Å². The standard InChI is InChI=1S/C24H30N2O5/c1-13-17-11-26-7-6-14-15-8-20(28-3)21(29-4)9-19(15)25-22(14)24(26,2)10-16(17)18(12-31-13)23(27)30-5/h8-9,12-13,16-17,25H,6-7,10-11H2,1-5H3. The van der Waals surface area contributed by atoms with E-state index in [1.807, 2.05) is 6.07 Å². The largest absolute Gasteiger partial charge is 0.497 e. The molecule has 0 aliphatic carbocycles. The molecular formula is C24H30N2O5. The van der Waals surface area contributed by atoms with Gasteiger partial charge in [-0.15, -0.1) is 0 Å². The quantitative estimate of drug-likeness (QED) is 0.759. The highest BCUT2D eigenvalue weighted by Crippen LogP contribution is 2.51. The molecule has 31 heavy (non-hydrogen) atoms. The lowest BCUT2D eigenvalue weighted by Crippen LogP contribution is -2.59. The van der Waals surface area contributed by atoms with E-state index < -0.39 is 0 Å². The smallest absolute Gasteiger partial charge is 0.337 e. The van der Waals surface area contributed by atoms with Crippen molar-refractivity contribution in [2.45, 2.75) is 38.3 Å². The van der Waals surface area contributed by atoms with Crippen molar-refractivity contribution in [3.8, 4) is 11.5 Å². The van der Waals surface area contributed by atoms with Gasteiger partial charge < -0.3 is 23.9 Å². The average molecular weight is 427 g/mol. The lowest BCUT2D eigenvalue weighted by molar-refractivity contribution is -0.140. The first kappa shape index (κ1) is 20.2. The van der Waals surface area contributed by atoms with Crippen LogP contribution >= 0.6 is 0 Å². The number of esters is 1. The van der Waals surface area contributed by atoms with Gasteiger partial charge in [-0.3, -0.25) is 4.90 Å². The summed E-state index contributed by atoms with van der Waals surface area (Å²) in [4.78, 5) is 18.8. The highest BCUT2D eigenvalue weighted by atomic mass is 16.5. The molecule has 4 atom stereocenters. The molecule has 7 nitrogen and oxygen atoms in total. The molecule has 4 unspecified atom stereocenters. The van der Waals surface area contributed by atoms with Gasteiger partial charge in [-0.25, -0.2) is 4.79 Å². The molecule has 7 heteroatoms. The minimum atomic E-state index is -0.291. The SMILES string of the molecule is COC(=O)C1=COC(C)C2CN3CCc4c([nH]c5cc(OC)c(OC)cc45)C3(C)CC12. The molecule has 0 spiro atoms. The number of carbonyl (C=O) groups is 1. The van der Waals surface area contributed by atoms with Crippen molar-refractivity contribution in [3.63, 3.8) is 0 Å². The number of methoxy groups -OCH3 is 3. The van der Waals surface area contributed by atoms with Gasteiger partial charge in [-0.2, -0.15) is 0 Å². The van der Waals surface area contributed by atoms with Crippen molar-refractivity contribution >= 4 is 16.9 Å². The summed E-state index contributed by atoms with van der Waals surface area (Å²) in [5.74, 6) is 1.52. The van der Waals surface area contributed by atoms with Crippen molar-refractivity contribution in [2.24, 2.45) is 11.8 Å². The molecular weight excluding hydrogens is 396 g/mol. The Hall–Kier alpha value is -2.67. The summed E-state index contributed by atoms with van der Waals surface area (Å²) in [5.41, 5.74) is 4.05. The fourth-order valence-electron chi connectivity index (χ4n) is 5.94.